The number of rotatable bonds is 3. The second-order valence-electron chi connectivity index (χ2n) is 6.17. The predicted molar refractivity (Wildman–Crippen MR) is 79.2 cm³/mol. The van der Waals surface area contributed by atoms with E-state index in [1.54, 1.807) is 0 Å². The van der Waals surface area contributed by atoms with Gasteiger partial charge in [-0.05, 0) is 43.3 Å². The highest BCUT2D eigenvalue weighted by Gasteiger charge is 2.34. The Labute approximate surface area is 120 Å². The van der Waals surface area contributed by atoms with Crippen molar-refractivity contribution in [1.29, 1.82) is 0 Å². The normalized spacial score (nSPS) is 27.1. The molecule has 4 heteroatoms. The van der Waals surface area contributed by atoms with E-state index in [4.69, 9.17) is 5.73 Å². The van der Waals surface area contributed by atoms with Crippen LogP contribution in [0.5, 0.6) is 0 Å². The molecule has 1 aromatic carbocycles. The lowest BCUT2D eigenvalue weighted by Crippen LogP contribution is -2.56. The molecule has 3 rings (SSSR count). The Morgan fingerprint density at radius 2 is 1.90 bits per heavy atom. The van der Waals surface area contributed by atoms with Crippen molar-refractivity contribution in [2.75, 3.05) is 26.2 Å². The first-order valence-electron chi connectivity index (χ1n) is 7.51. The lowest BCUT2D eigenvalue weighted by Gasteiger charge is -2.42. The largest absolute Gasteiger partial charge is 0.341 e. The highest BCUT2D eigenvalue weighted by Crippen LogP contribution is 2.24. The van der Waals surface area contributed by atoms with Crippen LogP contribution in [-0.4, -0.2) is 43.0 Å². The molecule has 0 spiro atoms. The molecule has 20 heavy (non-hydrogen) atoms. The lowest BCUT2D eigenvalue weighted by atomic mass is 9.85. The van der Waals surface area contributed by atoms with Gasteiger partial charge in [0, 0.05) is 13.1 Å². The molecule has 3 atom stereocenters. The van der Waals surface area contributed by atoms with Crippen molar-refractivity contribution >= 4 is 5.91 Å². The number of piperidine rings is 2. The van der Waals surface area contributed by atoms with Crippen molar-refractivity contribution in [2.24, 2.45) is 17.6 Å². The van der Waals surface area contributed by atoms with E-state index in [0.717, 1.165) is 31.7 Å². The van der Waals surface area contributed by atoms with Crippen LogP contribution in [0.15, 0.2) is 30.3 Å². The summed E-state index contributed by atoms with van der Waals surface area (Å²) in [6.07, 6.45) is 1.88. The summed E-state index contributed by atoms with van der Waals surface area (Å²) in [5, 5.41) is 3.45. The predicted octanol–water partition coefficient (Wildman–Crippen LogP) is 0.624. The van der Waals surface area contributed by atoms with Gasteiger partial charge in [-0.2, -0.15) is 0 Å². The number of nitrogens with zero attached hydrogens (tertiary/aromatic N) is 1. The molecule has 2 aliphatic rings. The zero-order valence-corrected chi connectivity index (χ0v) is 11.8. The van der Waals surface area contributed by atoms with E-state index >= 15 is 0 Å². The molecule has 2 saturated heterocycles. The summed E-state index contributed by atoms with van der Waals surface area (Å²) in [5.41, 5.74) is 7.26. The van der Waals surface area contributed by atoms with E-state index in [9.17, 15) is 4.79 Å². The van der Waals surface area contributed by atoms with E-state index < -0.39 is 6.04 Å². The van der Waals surface area contributed by atoms with Gasteiger partial charge in [-0.15, -0.1) is 0 Å². The van der Waals surface area contributed by atoms with Gasteiger partial charge >= 0.3 is 0 Å². The van der Waals surface area contributed by atoms with Crippen LogP contribution in [-0.2, 0) is 11.2 Å². The van der Waals surface area contributed by atoms with E-state index in [-0.39, 0.29) is 5.91 Å². The maximum absolute atomic E-state index is 12.5. The highest BCUT2D eigenvalue weighted by atomic mass is 16.2. The zero-order valence-electron chi connectivity index (χ0n) is 11.8. The summed E-state index contributed by atoms with van der Waals surface area (Å²) in [6.45, 7) is 3.80. The van der Waals surface area contributed by atoms with Gasteiger partial charge in [0.2, 0.25) is 5.91 Å². The quantitative estimate of drug-likeness (QED) is 0.849. The first-order chi connectivity index (χ1) is 9.72. The number of likely N-dealkylation sites (tertiary alicyclic amines) is 1. The van der Waals surface area contributed by atoms with Gasteiger partial charge in [0.25, 0.3) is 0 Å². The van der Waals surface area contributed by atoms with Gasteiger partial charge in [-0.25, -0.2) is 0 Å². The lowest BCUT2D eigenvalue weighted by molar-refractivity contribution is -0.136. The van der Waals surface area contributed by atoms with Gasteiger partial charge in [-0.1, -0.05) is 30.3 Å². The van der Waals surface area contributed by atoms with Crippen LogP contribution in [0.4, 0.5) is 0 Å². The third kappa shape index (κ3) is 3.02. The van der Waals surface area contributed by atoms with Crippen LogP contribution in [0, 0.1) is 11.8 Å². The van der Waals surface area contributed by atoms with Crippen molar-refractivity contribution in [2.45, 2.75) is 18.9 Å². The molecule has 0 aliphatic carbocycles. The van der Waals surface area contributed by atoms with Crippen molar-refractivity contribution < 1.29 is 4.79 Å². The number of amides is 1. The van der Waals surface area contributed by atoms with Gasteiger partial charge in [0.15, 0.2) is 0 Å². The zero-order chi connectivity index (χ0) is 13.9. The Morgan fingerprint density at radius 1 is 1.25 bits per heavy atom. The molecule has 2 unspecified atom stereocenters. The van der Waals surface area contributed by atoms with Gasteiger partial charge in [0.1, 0.15) is 0 Å². The Balaban J connectivity index is 1.60. The number of nitrogens with two attached hydrogens (primary N) is 1. The number of carbonyl (C=O) groups excluding carboxylic acids is 1. The topological polar surface area (TPSA) is 58.4 Å². The monoisotopic (exact) mass is 273 g/mol. The average Bonchev–Trinajstić information content (AvgIpc) is 2.47. The van der Waals surface area contributed by atoms with Gasteiger partial charge in [0.05, 0.1) is 6.04 Å². The van der Waals surface area contributed by atoms with E-state index in [1.165, 1.54) is 6.42 Å². The molecule has 2 heterocycles. The van der Waals surface area contributed by atoms with E-state index in [1.807, 2.05) is 35.2 Å². The van der Waals surface area contributed by atoms with Gasteiger partial charge < -0.3 is 16.0 Å². The molecule has 0 radical (unpaired) electrons. The minimum absolute atomic E-state index is 0.116. The molecule has 0 aromatic heterocycles. The van der Waals surface area contributed by atoms with Crippen LogP contribution in [0.1, 0.15) is 12.0 Å². The van der Waals surface area contributed by atoms with Crippen molar-refractivity contribution in [3.63, 3.8) is 0 Å². The summed E-state index contributed by atoms with van der Waals surface area (Å²) >= 11 is 0. The van der Waals surface area contributed by atoms with Crippen molar-refractivity contribution in [3.8, 4) is 0 Å². The number of hydrogen-bond donors (Lipinski definition) is 2. The number of nitrogens with one attached hydrogen (secondary N) is 1. The maximum Gasteiger partial charge on any atom is 0.239 e. The third-order valence-corrected chi connectivity index (χ3v) is 4.42. The highest BCUT2D eigenvalue weighted by molar-refractivity contribution is 5.82. The summed E-state index contributed by atoms with van der Waals surface area (Å²) in [4.78, 5) is 14.5. The SMILES string of the molecule is N[C@@H](Cc1ccccc1)C(=O)N1CC2CNCC(C2)C1. The smallest absolute Gasteiger partial charge is 0.239 e. The molecule has 2 fully saturated rings. The third-order valence-electron chi connectivity index (χ3n) is 4.42. The fourth-order valence-electron chi connectivity index (χ4n) is 3.48. The second kappa shape index (κ2) is 5.94. The number of hydrogen-bond acceptors (Lipinski definition) is 3. The molecule has 0 saturated carbocycles. The maximum atomic E-state index is 12.5. The van der Waals surface area contributed by atoms with E-state index in [0.29, 0.717) is 18.3 Å². The average molecular weight is 273 g/mol. The van der Waals surface area contributed by atoms with Crippen LogP contribution in [0.2, 0.25) is 0 Å². The molecule has 108 valence electrons. The van der Waals surface area contributed by atoms with Crippen LogP contribution in [0.3, 0.4) is 0 Å². The Bertz CT molecular complexity index is 450. The summed E-state index contributed by atoms with van der Waals surface area (Å²) in [7, 11) is 0. The molecule has 3 N–H and O–H groups in total. The molecular weight excluding hydrogens is 250 g/mol. The first kappa shape index (κ1) is 13.6. The number of benzene rings is 1. The fraction of sp³-hybridized carbons (Fsp3) is 0.562. The second-order valence-corrected chi connectivity index (χ2v) is 6.17. The Morgan fingerprint density at radius 3 is 2.55 bits per heavy atom. The van der Waals surface area contributed by atoms with Crippen molar-refractivity contribution in [3.05, 3.63) is 35.9 Å². The van der Waals surface area contributed by atoms with Crippen LogP contribution in [0.25, 0.3) is 0 Å². The number of fused-ring (bicyclic) bond motifs is 2. The van der Waals surface area contributed by atoms with E-state index in [2.05, 4.69) is 5.32 Å². The molecule has 1 amide bonds. The molecule has 4 nitrogen and oxygen atoms in total. The molecular formula is C16H23N3O. The fourth-order valence-corrected chi connectivity index (χ4v) is 3.48. The van der Waals surface area contributed by atoms with Crippen LogP contribution < -0.4 is 11.1 Å². The standard InChI is InChI=1S/C16H23N3O/c17-15(7-12-4-2-1-3-5-12)16(20)19-10-13-6-14(11-19)9-18-8-13/h1-5,13-15,18H,6-11,17H2/t13?,14?,15-/m0/s1. The summed E-state index contributed by atoms with van der Waals surface area (Å²) < 4.78 is 0. The summed E-state index contributed by atoms with van der Waals surface area (Å²) in [6, 6.07) is 9.61. The molecule has 1 aromatic rings. The number of carbonyl (C=O) groups is 1. The first-order valence-corrected chi connectivity index (χ1v) is 7.51. The minimum atomic E-state index is -0.413. The van der Waals surface area contributed by atoms with Crippen LogP contribution >= 0.6 is 0 Å². The molecule has 2 bridgehead atoms. The van der Waals surface area contributed by atoms with Crippen molar-refractivity contribution in [1.82, 2.24) is 10.2 Å². The Kier molecular flexibility index (Phi) is 4.03. The minimum Gasteiger partial charge on any atom is -0.341 e. The molecule has 2 aliphatic heterocycles. The summed E-state index contributed by atoms with van der Waals surface area (Å²) in [5.74, 6) is 1.33. The van der Waals surface area contributed by atoms with Gasteiger partial charge in [-0.3, -0.25) is 4.79 Å². The Hall–Kier alpha value is -1.39.